The summed E-state index contributed by atoms with van der Waals surface area (Å²) in [5, 5.41) is 6.16. The molecule has 0 aromatic rings. The second kappa shape index (κ2) is 2.70. The van der Waals surface area contributed by atoms with Crippen LogP contribution in [0.3, 0.4) is 0 Å². The van der Waals surface area contributed by atoms with Gasteiger partial charge in [-0.2, -0.15) is 0 Å². The van der Waals surface area contributed by atoms with Gasteiger partial charge in [-0.15, -0.1) is 0 Å². The van der Waals surface area contributed by atoms with E-state index in [0.717, 1.165) is 5.92 Å². The maximum absolute atomic E-state index is 4.10. The van der Waals surface area contributed by atoms with Crippen molar-refractivity contribution in [2.24, 2.45) is 5.92 Å². The van der Waals surface area contributed by atoms with Crippen molar-refractivity contribution >= 4 is 11.8 Å². The van der Waals surface area contributed by atoms with E-state index in [1.807, 2.05) is 24.2 Å². The van der Waals surface area contributed by atoms with Gasteiger partial charge in [-0.1, -0.05) is 18.2 Å². The Balaban J connectivity index is 1.96. The van der Waals surface area contributed by atoms with Gasteiger partial charge in [-0.3, -0.25) is 5.32 Å². The normalized spacial score (nSPS) is 25.0. The molecule has 2 aliphatic rings. The maximum atomic E-state index is 4.10. The molecule has 0 bridgehead atoms. The third kappa shape index (κ3) is 1.08. The average molecular weight is 152 g/mol. The molecule has 1 aliphatic heterocycles. The summed E-state index contributed by atoms with van der Waals surface area (Å²) in [6.07, 6.45) is 8.03. The van der Waals surface area contributed by atoms with Gasteiger partial charge >= 0.3 is 0 Å². The number of nitrogens with zero attached hydrogens (tertiary/aromatic N) is 1. The Morgan fingerprint density at radius 3 is 2.90 bits per heavy atom. The molecule has 2 rings (SSSR count). The smallest absolute Gasteiger partial charge is 0.0369 e. The summed E-state index contributed by atoms with van der Waals surface area (Å²) in [4.78, 5) is 1.47. The van der Waals surface area contributed by atoms with Gasteiger partial charge in [0, 0.05) is 17.3 Å². The van der Waals surface area contributed by atoms with Gasteiger partial charge in [0.1, 0.15) is 0 Å². The Hall–Kier alpha value is -0.370. The molecule has 0 saturated heterocycles. The highest BCUT2D eigenvalue weighted by Gasteiger charge is 2.22. The van der Waals surface area contributed by atoms with Crippen molar-refractivity contribution in [2.75, 3.05) is 0 Å². The van der Waals surface area contributed by atoms with Crippen molar-refractivity contribution in [1.82, 2.24) is 5.32 Å². The van der Waals surface area contributed by atoms with Gasteiger partial charge < -0.3 is 0 Å². The zero-order chi connectivity index (χ0) is 6.81. The molecular formula is C8H10NS. The minimum atomic E-state index is 0.846. The summed E-state index contributed by atoms with van der Waals surface area (Å²) >= 11 is 1.83. The highest BCUT2D eigenvalue weighted by molar-refractivity contribution is 8.05. The summed E-state index contributed by atoms with van der Waals surface area (Å²) < 4.78 is 0. The van der Waals surface area contributed by atoms with Crippen LogP contribution in [0.4, 0.5) is 0 Å². The van der Waals surface area contributed by atoms with E-state index in [0.29, 0.717) is 0 Å². The number of hydrogen-bond donors (Lipinski definition) is 0. The van der Waals surface area contributed by atoms with Gasteiger partial charge in [-0.25, -0.2) is 0 Å². The number of allylic oxidation sites excluding steroid dienone is 1. The maximum Gasteiger partial charge on any atom is 0.0369 e. The fraction of sp³-hybridized carbons (Fsp3) is 0.500. The monoisotopic (exact) mass is 152 g/mol. The van der Waals surface area contributed by atoms with Gasteiger partial charge in [0.15, 0.2) is 0 Å². The van der Waals surface area contributed by atoms with Crippen LogP contribution >= 0.6 is 11.8 Å². The summed E-state index contributed by atoms with van der Waals surface area (Å²) in [6.45, 7) is 0. The molecule has 1 radical (unpaired) electrons. The Kier molecular flexibility index (Phi) is 1.72. The van der Waals surface area contributed by atoms with Crippen molar-refractivity contribution in [3.63, 3.8) is 0 Å². The predicted octanol–water partition coefficient (Wildman–Crippen LogP) is 2.45. The van der Waals surface area contributed by atoms with Crippen molar-refractivity contribution in [1.29, 1.82) is 0 Å². The summed E-state index contributed by atoms with van der Waals surface area (Å²) in [5.74, 6) is 0.846. The van der Waals surface area contributed by atoms with E-state index in [2.05, 4.69) is 10.7 Å². The first-order valence-electron chi connectivity index (χ1n) is 3.68. The molecular weight excluding hydrogens is 142 g/mol. The fourth-order valence-corrected chi connectivity index (χ4v) is 2.02. The van der Waals surface area contributed by atoms with Crippen LogP contribution in [-0.4, -0.2) is 0 Å². The fourth-order valence-electron chi connectivity index (χ4n) is 1.19. The van der Waals surface area contributed by atoms with Crippen LogP contribution in [0, 0.1) is 5.92 Å². The lowest BCUT2D eigenvalue weighted by atomic mass is 9.85. The van der Waals surface area contributed by atoms with Crippen LogP contribution < -0.4 is 5.32 Å². The molecule has 53 valence electrons. The molecule has 0 atom stereocenters. The minimum absolute atomic E-state index is 0.846. The molecule has 0 spiro atoms. The van der Waals surface area contributed by atoms with Crippen molar-refractivity contribution in [3.8, 4) is 0 Å². The largest absolute Gasteiger partial charge is 0.263 e. The Labute approximate surface area is 65.6 Å². The summed E-state index contributed by atoms with van der Waals surface area (Å²) in [7, 11) is 0. The van der Waals surface area contributed by atoms with Crippen molar-refractivity contribution < 1.29 is 0 Å². The average Bonchev–Trinajstić information content (AvgIpc) is 1.86. The number of thioether (sulfide) groups is 1. The molecule has 0 unspecified atom stereocenters. The first kappa shape index (κ1) is 6.35. The standard InChI is InChI=1S/C8H10NS/c1-2-7(3-1)8-6-9-4-5-10-8/h4-7H,1-3H2. The highest BCUT2D eigenvalue weighted by atomic mass is 32.2. The quantitative estimate of drug-likeness (QED) is 0.563. The third-order valence-electron chi connectivity index (χ3n) is 2.06. The van der Waals surface area contributed by atoms with Gasteiger partial charge in [-0.05, 0) is 24.2 Å². The van der Waals surface area contributed by atoms with Gasteiger partial charge in [0.05, 0.1) is 0 Å². The first-order valence-corrected chi connectivity index (χ1v) is 4.56. The van der Waals surface area contributed by atoms with Crippen molar-refractivity contribution in [3.05, 3.63) is 22.7 Å². The topological polar surface area (TPSA) is 14.1 Å². The molecule has 1 saturated carbocycles. The van der Waals surface area contributed by atoms with Gasteiger partial charge in [0.25, 0.3) is 0 Å². The Bertz CT molecular complexity index is 180. The lowest BCUT2D eigenvalue weighted by Crippen LogP contribution is -2.13. The highest BCUT2D eigenvalue weighted by Crippen LogP contribution is 2.39. The van der Waals surface area contributed by atoms with Crippen LogP contribution in [0.1, 0.15) is 19.3 Å². The van der Waals surface area contributed by atoms with E-state index >= 15 is 0 Å². The Morgan fingerprint density at radius 1 is 1.50 bits per heavy atom. The molecule has 2 heteroatoms. The summed E-state index contributed by atoms with van der Waals surface area (Å²) in [5.41, 5.74) is 0. The molecule has 1 nitrogen and oxygen atoms in total. The lowest BCUT2D eigenvalue weighted by molar-refractivity contribution is 0.381. The van der Waals surface area contributed by atoms with Crippen LogP contribution in [0.25, 0.3) is 0 Å². The molecule has 1 aliphatic carbocycles. The van der Waals surface area contributed by atoms with E-state index in [1.165, 1.54) is 24.2 Å². The number of hydrogen-bond acceptors (Lipinski definition) is 1. The van der Waals surface area contributed by atoms with E-state index in [9.17, 15) is 0 Å². The molecule has 10 heavy (non-hydrogen) atoms. The van der Waals surface area contributed by atoms with E-state index in [4.69, 9.17) is 0 Å². The van der Waals surface area contributed by atoms with Crippen LogP contribution in [0.15, 0.2) is 22.7 Å². The Morgan fingerprint density at radius 2 is 2.40 bits per heavy atom. The lowest BCUT2D eigenvalue weighted by Gasteiger charge is -2.27. The van der Waals surface area contributed by atoms with Gasteiger partial charge in [0.2, 0.25) is 0 Å². The summed E-state index contributed by atoms with van der Waals surface area (Å²) in [6, 6.07) is 0. The van der Waals surface area contributed by atoms with Crippen LogP contribution in [-0.2, 0) is 0 Å². The minimum Gasteiger partial charge on any atom is -0.263 e. The first-order chi connectivity index (χ1) is 4.97. The van der Waals surface area contributed by atoms with E-state index in [-0.39, 0.29) is 0 Å². The third-order valence-corrected chi connectivity index (χ3v) is 3.03. The molecule has 0 aromatic heterocycles. The molecule has 1 fully saturated rings. The van der Waals surface area contributed by atoms with Crippen LogP contribution in [0.5, 0.6) is 0 Å². The second-order valence-corrected chi connectivity index (χ2v) is 3.69. The van der Waals surface area contributed by atoms with Crippen molar-refractivity contribution in [2.45, 2.75) is 19.3 Å². The number of rotatable bonds is 1. The zero-order valence-electron chi connectivity index (χ0n) is 5.79. The van der Waals surface area contributed by atoms with Crippen LogP contribution in [0.2, 0.25) is 0 Å². The molecule has 1 heterocycles. The SMILES string of the molecule is C1=CSC(C2CCC2)=C[N]1. The van der Waals surface area contributed by atoms with E-state index < -0.39 is 0 Å². The van der Waals surface area contributed by atoms with E-state index in [1.54, 1.807) is 0 Å². The predicted molar refractivity (Wildman–Crippen MR) is 44.3 cm³/mol. The molecule has 0 aromatic carbocycles. The zero-order valence-corrected chi connectivity index (χ0v) is 6.60. The molecule has 0 N–H and O–H groups in total. The molecule has 0 amide bonds. The second-order valence-electron chi connectivity index (χ2n) is 2.71.